The van der Waals surface area contributed by atoms with Gasteiger partial charge in [0, 0.05) is 23.4 Å². The Balaban J connectivity index is 1.76. The third-order valence-corrected chi connectivity index (χ3v) is 7.78. The van der Waals surface area contributed by atoms with Crippen LogP contribution < -0.4 is 15.4 Å². The molecule has 4 atom stereocenters. The van der Waals surface area contributed by atoms with Crippen LogP contribution in [0.15, 0.2) is 18.2 Å². The standard InChI is InChI=1S/C21H25N3O5/c1-24-8-7-19-11-20(17(26)22-18(27)23-20)5-6-21(19,28)16(24)10-15(25)13-4-3-12(29-2)9-14(13)19/h3-4,9,16,28H,5-8,10-11H2,1-2H3,(H2,22,23,26,27). The van der Waals surface area contributed by atoms with Gasteiger partial charge in [-0.2, -0.15) is 0 Å². The lowest BCUT2D eigenvalue weighted by atomic mass is 9.50. The Morgan fingerprint density at radius 3 is 2.69 bits per heavy atom. The summed E-state index contributed by atoms with van der Waals surface area (Å²) in [6.07, 6.45) is 1.71. The summed E-state index contributed by atoms with van der Waals surface area (Å²) >= 11 is 0. The maximum Gasteiger partial charge on any atom is 0.322 e. The Morgan fingerprint density at radius 1 is 1.21 bits per heavy atom. The lowest BCUT2D eigenvalue weighted by Gasteiger charge is -2.61. The predicted octanol–water partition coefficient (Wildman–Crippen LogP) is 0.717. The van der Waals surface area contributed by atoms with E-state index in [0.717, 1.165) is 5.56 Å². The zero-order valence-corrected chi connectivity index (χ0v) is 16.6. The molecule has 1 spiro atoms. The van der Waals surface area contributed by atoms with Crippen LogP contribution in [-0.2, 0) is 10.2 Å². The summed E-state index contributed by atoms with van der Waals surface area (Å²) in [7, 11) is 3.50. The Bertz CT molecular complexity index is 948. The number of aliphatic hydroxyl groups is 1. The molecule has 0 radical (unpaired) electrons. The lowest BCUT2D eigenvalue weighted by molar-refractivity contribution is -0.168. The van der Waals surface area contributed by atoms with Crippen molar-refractivity contribution in [2.45, 2.75) is 54.7 Å². The van der Waals surface area contributed by atoms with E-state index in [1.54, 1.807) is 19.2 Å². The number of likely N-dealkylation sites (tertiary alicyclic amines) is 1. The van der Waals surface area contributed by atoms with Gasteiger partial charge in [0.1, 0.15) is 11.3 Å². The van der Waals surface area contributed by atoms with Crippen LogP contribution in [0.2, 0.25) is 0 Å². The van der Waals surface area contributed by atoms with E-state index in [1.165, 1.54) is 0 Å². The number of imide groups is 1. The largest absolute Gasteiger partial charge is 0.497 e. The molecule has 4 aliphatic rings. The van der Waals surface area contributed by atoms with Crippen molar-refractivity contribution in [2.75, 3.05) is 20.7 Å². The molecule has 8 heteroatoms. The van der Waals surface area contributed by atoms with E-state index in [-0.39, 0.29) is 30.6 Å². The first kappa shape index (κ1) is 18.6. The minimum Gasteiger partial charge on any atom is -0.497 e. The molecule has 3 amide bonds. The second-order valence-electron chi connectivity index (χ2n) is 8.96. The van der Waals surface area contributed by atoms with E-state index in [0.29, 0.717) is 37.1 Å². The fourth-order valence-electron chi connectivity index (χ4n) is 6.27. The Morgan fingerprint density at radius 2 is 2.00 bits per heavy atom. The van der Waals surface area contributed by atoms with Gasteiger partial charge in [0.15, 0.2) is 5.78 Å². The molecule has 0 aromatic heterocycles. The number of piperidine rings is 1. The highest BCUT2D eigenvalue weighted by molar-refractivity contribution is 6.07. The molecule has 3 N–H and O–H groups in total. The second kappa shape index (κ2) is 5.79. The van der Waals surface area contributed by atoms with Gasteiger partial charge in [-0.3, -0.25) is 14.9 Å². The van der Waals surface area contributed by atoms with Gasteiger partial charge in [0.25, 0.3) is 5.91 Å². The molecule has 2 bridgehead atoms. The zero-order chi connectivity index (χ0) is 20.6. The first-order chi connectivity index (χ1) is 13.7. The van der Waals surface area contributed by atoms with Gasteiger partial charge in [-0.25, -0.2) is 4.79 Å². The van der Waals surface area contributed by atoms with Crippen LogP contribution in [-0.4, -0.2) is 65.6 Å². The van der Waals surface area contributed by atoms with E-state index in [2.05, 4.69) is 15.5 Å². The van der Waals surface area contributed by atoms with E-state index in [9.17, 15) is 19.5 Å². The number of amides is 3. The van der Waals surface area contributed by atoms with Crippen LogP contribution in [0, 0.1) is 0 Å². The van der Waals surface area contributed by atoms with Crippen LogP contribution in [0.5, 0.6) is 5.75 Å². The first-order valence-electron chi connectivity index (χ1n) is 10.0. The van der Waals surface area contributed by atoms with Crippen molar-refractivity contribution in [1.29, 1.82) is 0 Å². The van der Waals surface area contributed by atoms with Crippen molar-refractivity contribution in [2.24, 2.45) is 0 Å². The van der Waals surface area contributed by atoms with Gasteiger partial charge in [0.05, 0.1) is 12.7 Å². The second-order valence-corrected chi connectivity index (χ2v) is 8.96. The fraction of sp³-hybridized carbons (Fsp3) is 0.571. The van der Waals surface area contributed by atoms with Gasteiger partial charge >= 0.3 is 6.03 Å². The third-order valence-electron chi connectivity index (χ3n) is 7.78. The highest BCUT2D eigenvalue weighted by atomic mass is 16.5. The molecular formula is C21H25N3O5. The van der Waals surface area contributed by atoms with Crippen LogP contribution >= 0.6 is 0 Å². The number of carbonyl (C=O) groups excluding carboxylic acids is 3. The van der Waals surface area contributed by atoms with E-state index < -0.39 is 22.6 Å². The molecule has 2 aliphatic heterocycles. The van der Waals surface area contributed by atoms with E-state index in [4.69, 9.17) is 4.74 Å². The number of ether oxygens (including phenoxy) is 1. The molecule has 8 nitrogen and oxygen atoms in total. The molecule has 2 saturated heterocycles. The number of rotatable bonds is 1. The Labute approximate surface area is 168 Å². The van der Waals surface area contributed by atoms with Gasteiger partial charge in [-0.1, -0.05) is 0 Å². The van der Waals surface area contributed by atoms with Gasteiger partial charge in [0.2, 0.25) is 0 Å². The van der Waals surface area contributed by atoms with Crippen molar-refractivity contribution in [3.63, 3.8) is 0 Å². The normalized spacial score (nSPS) is 38.7. The zero-order valence-electron chi connectivity index (χ0n) is 16.6. The number of hydrogen-bond donors (Lipinski definition) is 3. The molecule has 3 fully saturated rings. The molecule has 29 heavy (non-hydrogen) atoms. The van der Waals surface area contributed by atoms with E-state index in [1.807, 2.05) is 13.1 Å². The van der Waals surface area contributed by atoms with E-state index >= 15 is 0 Å². The lowest BCUT2D eigenvalue weighted by Crippen LogP contribution is -2.73. The van der Waals surface area contributed by atoms with Crippen LogP contribution in [0.1, 0.15) is 48.0 Å². The first-order valence-corrected chi connectivity index (χ1v) is 10.0. The summed E-state index contributed by atoms with van der Waals surface area (Å²) in [5, 5.41) is 17.3. The SMILES string of the molecule is COc1ccc2c(c1)C13CCN(C)C(CC2=O)C1(O)CCC1(C3)NC(=O)NC1=O. The number of nitrogens with one attached hydrogen (secondary N) is 2. The molecule has 154 valence electrons. The molecule has 4 unspecified atom stereocenters. The van der Waals surface area contributed by atoms with Crippen LogP contribution in [0.25, 0.3) is 0 Å². The van der Waals surface area contributed by atoms with Crippen LogP contribution in [0.3, 0.4) is 0 Å². The van der Waals surface area contributed by atoms with Crippen molar-refractivity contribution in [1.82, 2.24) is 15.5 Å². The summed E-state index contributed by atoms with van der Waals surface area (Å²) in [4.78, 5) is 40.0. The molecule has 2 aliphatic carbocycles. The monoisotopic (exact) mass is 399 g/mol. The van der Waals surface area contributed by atoms with Gasteiger partial charge in [-0.15, -0.1) is 0 Å². The molecule has 5 rings (SSSR count). The van der Waals surface area contributed by atoms with Crippen molar-refractivity contribution >= 4 is 17.7 Å². The number of carbonyl (C=O) groups is 3. The summed E-state index contributed by atoms with van der Waals surface area (Å²) in [5.74, 6) is 0.233. The number of fused-ring (bicyclic) bond motifs is 1. The summed E-state index contributed by atoms with van der Waals surface area (Å²) in [6, 6.07) is 4.51. The number of ketones is 1. The van der Waals surface area contributed by atoms with Crippen LogP contribution in [0.4, 0.5) is 4.79 Å². The number of Topliss-reactive ketones (excluding diaryl/α,β-unsaturated/α-hetero) is 1. The minimum atomic E-state index is -1.19. The van der Waals surface area contributed by atoms with Crippen molar-refractivity contribution < 1.29 is 24.2 Å². The topological polar surface area (TPSA) is 108 Å². The number of methoxy groups -OCH3 is 1. The molecule has 1 aromatic carbocycles. The predicted molar refractivity (Wildman–Crippen MR) is 103 cm³/mol. The maximum absolute atomic E-state index is 13.2. The van der Waals surface area contributed by atoms with Gasteiger partial charge < -0.3 is 20.1 Å². The Kier molecular flexibility index (Phi) is 3.71. The minimum absolute atomic E-state index is 0.0161. The fourth-order valence-corrected chi connectivity index (χ4v) is 6.27. The quantitative estimate of drug-likeness (QED) is 0.601. The number of benzene rings is 1. The number of urea groups is 1. The average molecular weight is 399 g/mol. The van der Waals surface area contributed by atoms with Crippen molar-refractivity contribution in [3.05, 3.63) is 29.3 Å². The smallest absolute Gasteiger partial charge is 0.322 e. The number of nitrogens with zero attached hydrogens (tertiary/aromatic N) is 1. The van der Waals surface area contributed by atoms with Crippen molar-refractivity contribution in [3.8, 4) is 5.75 Å². The highest BCUT2D eigenvalue weighted by Crippen LogP contribution is 2.59. The third kappa shape index (κ3) is 2.24. The summed E-state index contributed by atoms with van der Waals surface area (Å²) < 4.78 is 5.43. The highest BCUT2D eigenvalue weighted by Gasteiger charge is 2.68. The van der Waals surface area contributed by atoms with Gasteiger partial charge in [-0.05, 0) is 63.0 Å². The average Bonchev–Trinajstić information content (AvgIpc) is 2.95. The molecular weight excluding hydrogens is 374 g/mol. The summed E-state index contributed by atoms with van der Waals surface area (Å²) in [6.45, 7) is 0.683. The Hall–Kier alpha value is -2.45. The molecule has 1 aromatic rings. The number of hydrogen-bond acceptors (Lipinski definition) is 6. The molecule has 1 saturated carbocycles. The maximum atomic E-state index is 13.2. The molecule has 2 heterocycles. The number of likely N-dealkylation sites (N-methyl/N-ethyl adjacent to an activating group) is 1. The summed E-state index contributed by atoms with van der Waals surface area (Å²) in [5.41, 5.74) is -1.80.